The summed E-state index contributed by atoms with van der Waals surface area (Å²) in [6.45, 7) is 2.89. The van der Waals surface area contributed by atoms with Gasteiger partial charge in [0.05, 0.1) is 18.2 Å². The molecule has 0 unspecified atom stereocenters. The Balaban J connectivity index is 2.22. The summed E-state index contributed by atoms with van der Waals surface area (Å²) in [6, 6.07) is 7.87. The molecule has 4 heteroatoms. The maximum atomic E-state index is 13.2. The third-order valence-corrected chi connectivity index (χ3v) is 3.91. The van der Waals surface area contributed by atoms with E-state index in [2.05, 4.69) is 6.07 Å². The third-order valence-electron chi connectivity index (χ3n) is 3.91. The first kappa shape index (κ1) is 14.9. The van der Waals surface area contributed by atoms with E-state index >= 15 is 0 Å². The topological polar surface area (TPSA) is 33.0 Å². The number of halogens is 2. The van der Waals surface area contributed by atoms with E-state index in [1.807, 2.05) is 25.1 Å². The number of nitriles is 1. The van der Waals surface area contributed by atoms with Crippen LogP contribution in [0.1, 0.15) is 55.2 Å². The molecule has 0 radical (unpaired) electrons. The van der Waals surface area contributed by atoms with Crippen LogP contribution in [0.4, 0.5) is 8.78 Å². The van der Waals surface area contributed by atoms with Crippen molar-refractivity contribution in [3.05, 3.63) is 34.9 Å². The molecule has 20 heavy (non-hydrogen) atoms. The highest BCUT2D eigenvalue weighted by Gasteiger charge is 2.36. The average molecular weight is 279 g/mol. The molecule has 0 aliphatic heterocycles. The van der Waals surface area contributed by atoms with Crippen LogP contribution >= 0.6 is 0 Å². The summed E-state index contributed by atoms with van der Waals surface area (Å²) in [5.41, 5.74) is 2.36. The molecule has 0 N–H and O–H groups in total. The minimum atomic E-state index is -2.54. The largest absolute Gasteiger partial charge is 0.377 e. The van der Waals surface area contributed by atoms with Crippen LogP contribution in [0.3, 0.4) is 0 Å². The lowest BCUT2D eigenvalue weighted by molar-refractivity contribution is -0.0382. The van der Waals surface area contributed by atoms with Gasteiger partial charge in [-0.1, -0.05) is 18.2 Å². The van der Waals surface area contributed by atoms with E-state index in [0.29, 0.717) is 31.6 Å². The Labute approximate surface area is 118 Å². The Bertz CT molecular complexity index is 498. The normalized spacial score (nSPS) is 18.7. The first-order valence-corrected chi connectivity index (χ1v) is 7.05. The van der Waals surface area contributed by atoms with Crippen LogP contribution in [0.5, 0.6) is 0 Å². The smallest absolute Gasteiger partial charge is 0.248 e. The lowest BCUT2D eigenvalue weighted by atomic mass is 9.80. The number of ether oxygens (including phenoxy) is 1. The quantitative estimate of drug-likeness (QED) is 0.819. The van der Waals surface area contributed by atoms with Gasteiger partial charge in [-0.3, -0.25) is 0 Å². The van der Waals surface area contributed by atoms with Crippen molar-refractivity contribution in [2.45, 2.75) is 51.1 Å². The Morgan fingerprint density at radius 1 is 1.35 bits per heavy atom. The van der Waals surface area contributed by atoms with Crippen LogP contribution in [-0.4, -0.2) is 12.5 Å². The van der Waals surface area contributed by atoms with Gasteiger partial charge >= 0.3 is 0 Å². The van der Waals surface area contributed by atoms with Gasteiger partial charge in [-0.2, -0.15) is 5.26 Å². The van der Waals surface area contributed by atoms with Crippen molar-refractivity contribution in [3.8, 4) is 6.07 Å². The predicted octanol–water partition coefficient (Wildman–Crippen LogP) is 4.39. The second kappa shape index (κ2) is 6.32. The highest BCUT2D eigenvalue weighted by molar-refractivity contribution is 5.46. The van der Waals surface area contributed by atoms with E-state index in [-0.39, 0.29) is 18.8 Å². The lowest BCUT2D eigenvalue weighted by Crippen LogP contribution is -2.24. The van der Waals surface area contributed by atoms with Crippen molar-refractivity contribution in [2.75, 3.05) is 6.61 Å². The van der Waals surface area contributed by atoms with Crippen LogP contribution in [-0.2, 0) is 11.3 Å². The van der Waals surface area contributed by atoms with Crippen molar-refractivity contribution in [2.24, 2.45) is 0 Å². The molecule has 1 saturated carbocycles. The van der Waals surface area contributed by atoms with Crippen molar-refractivity contribution in [1.29, 1.82) is 5.26 Å². The standard InChI is InChI=1S/C16H19F2NO/c1-2-20-11-13-4-3-5-14(15(13)10-19)12-6-8-16(17,18)9-7-12/h3-5,12H,2,6-9,11H2,1H3. The van der Waals surface area contributed by atoms with Gasteiger partial charge in [-0.25, -0.2) is 8.78 Å². The van der Waals surface area contributed by atoms with Crippen molar-refractivity contribution < 1.29 is 13.5 Å². The zero-order chi connectivity index (χ0) is 14.6. The first-order valence-electron chi connectivity index (χ1n) is 7.05. The summed E-state index contributed by atoms with van der Waals surface area (Å²) in [7, 11) is 0. The molecule has 1 fully saturated rings. The molecule has 1 aromatic rings. The SMILES string of the molecule is CCOCc1cccc(C2CCC(F)(F)CC2)c1C#N. The molecule has 0 aromatic heterocycles. The Kier molecular flexibility index (Phi) is 4.72. The number of nitrogens with zero attached hydrogens (tertiary/aromatic N) is 1. The Hall–Kier alpha value is -1.47. The second-order valence-electron chi connectivity index (χ2n) is 5.26. The fourth-order valence-electron chi connectivity index (χ4n) is 2.78. The molecule has 2 nitrogen and oxygen atoms in total. The van der Waals surface area contributed by atoms with Gasteiger partial charge in [0.1, 0.15) is 0 Å². The van der Waals surface area contributed by atoms with Crippen LogP contribution in [0.15, 0.2) is 18.2 Å². The summed E-state index contributed by atoms with van der Waals surface area (Å²) in [6.07, 6.45) is 0.718. The molecule has 1 aromatic carbocycles. The summed E-state index contributed by atoms with van der Waals surface area (Å²) >= 11 is 0. The molecule has 0 spiro atoms. The molecular formula is C16H19F2NO. The monoisotopic (exact) mass is 279 g/mol. The van der Waals surface area contributed by atoms with E-state index in [9.17, 15) is 14.0 Å². The molecule has 108 valence electrons. The summed E-state index contributed by atoms with van der Waals surface area (Å²) in [5, 5.41) is 9.38. The number of hydrogen-bond acceptors (Lipinski definition) is 2. The van der Waals surface area contributed by atoms with E-state index in [1.165, 1.54) is 0 Å². The highest BCUT2D eigenvalue weighted by Crippen LogP contribution is 2.42. The molecule has 1 aliphatic rings. The molecule has 0 saturated heterocycles. The van der Waals surface area contributed by atoms with Gasteiger partial charge in [-0.15, -0.1) is 0 Å². The van der Waals surface area contributed by atoms with Gasteiger partial charge < -0.3 is 4.74 Å². The van der Waals surface area contributed by atoms with E-state index in [0.717, 1.165) is 11.1 Å². The summed E-state index contributed by atoms with van der Waals surface area (Å²) < 4.78 is 31.8. The average Bonchev–Trinajstić information content (AvgIpc) is 2.44. The summed E-state index contributed by atoms with van der Waals surface area (Å²) in [5.74, 6) is -2.47. The van der Waals surface area contributed by atoms with Crippen LogP contribution in [0.2, 0.25) is 0 Å². The van der Waals surface area contributed by atoms with E-state index < -0.39 is 5.92 Å². The minimum absolute atomic E-state index is 0.0610. The first-order chi connectivity index (χ1) is 9.57. The molecule has 0 atom stereocenters. The maximum absolute atomic E-state index is 13.2. The van der Waals surface area contributed by atoms with Gasteiger partial charge in [-0.05, 0) is 36.8 Å². The van der Waals surface area contributed by atoms with Crippen LogP contribution in [0, 0.1) is 11.3 Å². The summed E-state index contributed by atoms with van der Waals surface area (Å²) in [4.78, 5) is 0. The zero-order valence-electron chi connectivity index (χ0n) is 11.7. The fraction of sp³-hybridized carbons (Fsp3) is 0.562. The highest BCUT2D eigenvalue weighted by atomic mass is 19.3. The molecule has 2 rings (SSSR count). The number of rotatable bonds is 4. The Morgan fingerprint density at radius 3 is 2.65 bits per heavy atom. The van der Waals surface area contributed by atoms with Crippen LogP contribution < -0.4 is 0 Å². The van der Waals surface area contributed by atoms with Gasteiger partial charge in [0.2, 0.25) is 5.92 Å². The number of alkyl halides is 2. The van der Waals surface area contributed by atoms with Gasteiger partial charge in [0.25, 0.3) is 0 Å². The molecular weight excluding hydrogens is 260 g/mol. The lowest BCUT2D eigenvalue weighted by Gasteiger charge is -2.29. The fourth-order valence-corrected chi connectivity index (χ4v) is 2.78. The van der Waals surface area contributed by atoms with Gasteiger partial charge in [0, 0.05) is 19.4 Å². The molecule has 0 amide bonds. The predicted molar refractivity (Wildman–Crippen MR) is 72.6 cm³/mol. The second-order valence-corrected chi connectivity index (χ2v) is 5.26. The van der Waals surface area contributed by atoms with E-state index in [4.69, 9.17) is 4.74 Å². The van der Waals surface area contributed by atoms with Crippen LogP contribution in [0.25, 0.3) is 0 Å². The van der Waals surface area contributed by atoms with Gasteiger partial charge in [0.15, 0.2) is 0 Å². The van der Waals surface area contributed by atoms with Crippen molar-refractivity contribution >= 4 is 0 Å². The Morgan fingerprint density at radius 2 is 2.05 bits per heavy atom. The molecule has 0 heterocycles. The van der Waals surface area contributed by atoms with Crippen molar-refractivity contribution in [1.82, 2.24) is 0 Å². The molecule has 0 bridgehead atoms. The molecule has 1 aliphatic carbocycles. The number of benzene rings is 1. The minimum Gasteiger partial charge on any atom is -0.377 e. The third kappa shape index (κ3) is 3.34. The van der Waals surface area contributed by atoms with Crippen molar-refractivity contribution in [3.63, 3.8) is 0 Å². The zero-order valence-corrected chi connectivity index (χ0v) is 11.7. The maximum Gasteiger partial charge on any atom is 0.248 e. The number of hydrogen-bond donors (Lipinski definition) is 0. The van der Waals surface area contributed by atoms with E-state index in [1.54, 1.807) is 0 Å².